The lowest BCUT2D eigenvalue weighted by Gasteiger charge is -2.05. The lowest BCUT2D eigenvalue weighted by molar-refractivity contribution is 0.0688. The molecule has 1 aliphatic rings. The summed E-state index contributed by atoms with van der Waals surface area (Å²) in [5, 5.41) is 16.2. The fourth-order valence-corrected chi connectivity index (χ4v) is 1.29. The molecule has 82 valence electrons. The van der Waals surface area contributed by atoms with Crippen LogP contribution in [0.5, 0.6) is 5.75 Å². The summed E-state index contributed by atoms with van der Waals surface area (Å²) >= 11 is 0. The highest BCUT2D eigenvalue weighted by atomic mass is 35.5. The van der Waals surface area contributed by atoms with Crippen LogP contribution in [0.15, 0.2) is 6.07 Å². The Morgan fingerprint density at radius 3 is 2.67 bits per heavy atom. The molecule has 15 heavy (non-hydrogen) atoms. The minimum absolute atomic E-state index is 0. The molecule has 0 aliphatic heterocycles. The van der Waals surface area contributed by atoms with Gasteiger partial charge in [-0.25, -0.2) is 4.79 Å². The molecule has 1 heterocycles. The zero-order chi connectivity index (χ0) is 10.1. The van der Waals surface area contributed by atoms with Crippen molar-refractivity contribution in [3.05, 3.63) is 17.5 Å². The van der Waals surface area contributed by atoms with E-state index in [0.29, 0.717) is 11.7 Å². The van der Waals surface area contributed by atoms with Crippen molar-refractivity contribution in [1.82, 2.24) is 10.2 Å². The first-order chi connectivity index (χ1) is 6.72. The zero-order valence-electron chi connectivity index (χ0n) is 8.14. The molecular weight excluding hydrogens is 220 g/mol. The molecule has 1 fully saturated rings. The van der Waals surface area contributed by atoms with Crippen LogP contribution in [0.1, 0.15) is 34.9 Å². The van der Waals surface area contributed by atoms with Crippen molar-refractivity contribution in [2.45, 2.75) is 18.8 Å². The molecular formula is C9H11ClN2O3. The molecule has 2 rings (SSSR count). The van der Waals surface area contributed by atoms with Crippen LogP contribution in [-0.4, -0.2) is 28.4 Å². The maximum Gasteiger partial charge on any atom is 0.356 e. The van der Waals surface area contributed by atoms with E-state index in [1.54, 1.807) is 0 Å². The van der Waals surface area contributed by atoms with Gasteiger partial charge in [0.15, 0.2) is 5.69 Å². The van der Waals surface area contributed by atoms with Crippen LogP contribution in [0.3, 0.4) is 0 Å². The zero-order valence-corrected chi connectivity index (χ0v) is 8.95. The van der Waals surface area contributed by atoms with Gasteiger partial charge in [-0.05, 0) is 12.8 Å². The predicted octanol–water partition coefficient (Wildman–Crippen LogP) is 1.48. The highest BCUT2D eigenvalue weighted by Crippen LogP contribution is 2.42. The molecule has 6 heteroatoms. The van der Waals surface area contributed by atoms with Crippen LogP contribution in [0.4, 0.5) is 0 Å². The second-order valence-electron chi connectivity index (χ2n) is 3.26. The quantitative estimate of drug-likeness (QED) is 0.852. The van der Waals surface area contributed by atoms with Crippen molar-refractivity contribution in [1.29, 1.82) is 0 Å². The summed E-state index contributed by atoms with van der Waals surface area (Å²) in [6, 6.07) is 1.42. The first-order valence-electron chi connectivity index (χ1n) is 4.37. The molecule has 0 aromatic carbocycles. The summed E-state index contributed by atoms with van der Waals surface area (Å²) in [5.74, 6) is -0.154. The Morgan fingerprint density at radius 2 is 2.20 bits per heavy atom. The smallest absolute Gasteiger partial charge is 0.356 e. The van der Waals surface area contributed by atoms with E-state index in [2.05, 4.69) is 10.2 Å². The van der Waals surface area contributed by atoms with Gasteiger partial charge in [0.05, 0.1) is 7.11 Å². The highest BCUT2D eigenvalue weighted by molar-refractivity contribution is 5.85. The maximum absolute atomic E-state index is 10.6. The molecule has 1 aromatic rings. The average Bonchev–Trinajstić information content (AvgIpc) is 3.00. The van der Waals surface area contributed by atoms with Crippen LogP contribution in [0.25, 0.3) is 0 Å². The topological polar surface area (TPSA) is 72.3 Å². The normalized spacial score (nSPS) is 14.2. The van der Waals surface area contributed by atoms with Gasteiger partial charge in [0.25, 0.3) is 0 Å². The number of carboxylic acid groups (broad SMARTS) is 1. The summed E-state index contributed by atoms with van der Waals surface area (Å²) in [6.45, 7) is 0. The van der Waals surface area contributed by atoms with E-state index in [1.807, 2.05) is 0 Å². The standard InChI is InChI=1S/C9H10N2O3.ClH/c1-14-7-4-6(9(12)13)10-11-8(7)5-2-3-5;/h4-5H,2-3H2,1H3,(H,12,13);1H. The summed E-state index contributed by atoms with van der Waals surface area (Å²) < 4.78 is 5.07. The molecule has 0 saturated heterocycles. The number of carboxylic acids is 1. The van der Waals surface area contributed by atoms with E-state index in [0.717, 1.165) is 18.5 Å². The number of methoxy groups -OCH3 is 1. The number of halogens is 1. The minimum Gasteiger partial charge on any atom is -0.495 e. The summed E-state index contributed by atoms with van der Waals surface area (Å²) in [6.07, 6.45) is 2.16. The largest absolute Gasteiger partial charge is 0.495 e. The molecule has 0 radical (unpaired) electrons. The maximum atomic E-state index is 10.6. The van der Waals surface area contributed by atoms with Crippen molar-refractivity contribution in [2.24, 2.45) is 0 Å². The lowest BCUT2D eigenvalue weighted by Crippen LogP contribution is -2.05. The van der Waals surface area contributed by atoms with Crippen molar-refractivity contribution in [3.8, 4) is 5.75 Å². The fourth-order valence-electron chi connectivity index (χ4n) is 1.29. The third-order valence-corrected chi connectivity index (χ3v) is 2.19. The van der Waals surface area contributed by atoms with E-state index in [-0.39, 0.29) is 18.1 Å². The Balaban J connectivity index is 0.00000112. The average molecular weight is 231 g/mol. The number of rotatable bonds is 3. The van der Waals surface area contributed by atoms with Gasteiger partial charge in [-0.1, -0.05) is 0 Å². The fraction of sp³-hybridized carbons (Fsp3) is 0.444. The van der Waals surface area contributed by atoms with Gasteiger partial charge >= 0.3 is 5.97 Å². The number of hydrogen-bond acceptors (Lipinski definition) is 4. The number of aromatic nitrogens is 2. The van der Waals surface area contributed by atoms with Crippen LogP contribution >= 0.6 is 12.4 Å². The molecule has 0 atom stereocenters. The van der Waals surface area contributed by atoms with Gasteiger partial charge in [-0.2, -0.15) is 5.10 Å². The van der Waals surface area contributed by atoms with Crippen LogP contribution < -0.4 is 4.74 Å². The number of carbonyl (C=O) groups is 1. The third-order valence-electron chi connectivity index (χ3n) is 2.19. The summed E-state index contributed by atoms with van der Waals surface area (Å²) in [4.78, 5) is 10.6. The van der Waals surface area contributed by atoms with Gasteiger partial charge < -0.3 is 9.84 Å². The highest BCUT2D eigenvalue weighted by Gasteiger charge is 2.29. The van der Waals surface area contributed by atoms with Crippen LogP contribution in [0, 0.1) is 0 Å². The Morgan fingerprint density at radius 1 is 1.53 bits per heavy atom. The van der Waals surface area contributed by atoms with Crippen molar-refractivity contribution < 1.29 is 14.6 Å². The van der Waals surface area contributed by atoms with Gasteiger partial charge in [0.1, 0.15) is 11.4 Å². The van der Waals surface area contributed by atoms with Gasteiger partial charge in [0, 0.05) is 12.0 Å². The molecule has 1 N–H and O–H groups in total. The molecule has 0 amide bonds. The van der Waals surface area contributed by atoms with Gasteiger partial charge in [0.2, 0.25) is 0 Å². The molecule has 1 aromatic heterocycles. The molecule has 0 spiro atoms. The second-order valence-corrected chi connectivity index (χ2v) is 3.26. The SMILES string of the molecule is COc1cc(C(=O)O)nnc1C1CC1.Cl. The van der Waals surface area contributed by atoms with E-state index in [4.69, 9.17) is 9.84 Å². The van der Waals surface area contributed by atoms with Crippen molar-refractivity contribution >= 4 is 18.4 Å². The Hall–Kier alpha value is -1.36. The Labute approximate surface area is 92.9 Å². The molecule has 5 nitrogen and oxygen atoms in total. The van der Waals surface area contributed by atoms with E-state index in [1.165, 1.54) is 13.2 Å². The Kier molecular flexibility index (Phi) is 3.47. The van der Waals surface area contributed by atoms with Crippen molar-refractivity contribution in [3.63, 3.8) is 0 Å². The van der Waals surface area contributed by atoms with Gasteiger partial charge in [-0.3, -0.25) is 0 Å². The van der Waals surface area contributed by atoms with E-state index < -0.39 is 5.97 Å². The van der Waals surface area contributed by atoms with E-state index in [9.17, 15) is 4.79 Å². The number of hydrogen-bond donors (Lipinski definition) is 1. The predicted molar refractivity (Wildman–Crippen MR) is 54.8 cm³/mol. The third kappa shape index (κ3) is 2.36. The number of nitrogens with zero attached hydrogens (tertiary/aromatic N) is 2. The first-order valence-corrected chi connectivity index (χ1v) is 4.37. The van der Waals surface area contributed by atoms with E-state index >= 15 is 0 Å². The first kappa shape index (κ1) is 11.7. The lowest BCUT2D eigenvalue weighted by atomic mass is 10.2. The van der Waals surface area contributed by atoms with Crippen LogP contribution in [0.2, 0.25) is 0 Å². The molecule has 0 unspecified atom stereocenters. The molecule has 1 saturated carbocycles. The molecule has 1 aliphatic carbocycles. The Bertz CT molecular complexity index is 380. The number of aromatic carboxylic acids is 1. The number of ether oxygens (including phenoxy) is 1. The second kappa shape index (κ2) is 4.44. The minimum atomic E-state index is -1.09. The van der Waals surface area contributed by atoms with Gasteiger partial charge in [-0.15, -0.1) is 17.5 Å². The monoisotopic (exact) mass is 230 g/mol. The summed E-state index contributed by atoms with van der Waals surface area (Å²) in [5.41, 5.74) is 0.698. The molecule has 0 bridgehead atoms. The van der Waals surface area contributed by atoms with Crippen LogP contribution in [-0.2, 0) is 0 Å². The van der Waals surface area contributed by atoms with Crippen molar-refractivity contribution in [2.75, 3.05) is 7.11 Å². The summed E-state index contributed by atoms with van der Waals surface area (Å²) in [7, 11) is 1.51.